The standard InChI is InChI=1S/C19H23N3O3/c1-12-10-11-22(13(2)14-8-6-5-7-9-14)17(24)15(12)16(23)21-19(3,4)18(20)25/h5-11,13H,1-4H3,(H2,20,25)(H,21,23). The van der Waals surface area contributed by atoms with E-state index in [1.807, 2.05) is 37.3 Å². The van der Waals surface area contributed by atoms with Crippen LogP contribution in [0.15, 0.2) is 47.4 Å². The summed E-state index contributed by atoms with van der Waals surface area (Å²) in [6, 6.07) is 11.0. The summed E-state index contributed by atoms with van der Waals surface area (Å²) < 4.78 is 1.51. The van der Waals surface area contributed by atoms with Crippen LogP contribution in [0.4, 0.5) is 0 Å². The number of primary amides is 1. The van der Waals surface area contributed by atoms with E-state index >= 15 is 0 Å². The highest BCUT2D eigenvalue weighted by atomic mass is 16.2. The topological polar surface area (TPSA) is 94.2 Å². The molecule has 0 saturated heterocycles. The highest BCUT2D eigenvalue weighted by Gasteiger charge is 2.29. The summed E-state index contributed by atoms with van der Waals surface area (Å²) in [5, 5.41) is 2.53. The van der Waals surface area contributed by atoms with Crippen LogP contribution in [0.3, 0.4) is 0 Å². The normalized spacial score (nSPS) is 12.5. The van der Waals surface area contributed by atoms with Gasteiger partial charge in [-0.05, 0) is 44.9 Å². The maximum Gasteiger partial charge on any atom is 0.264 e. The van der Waals surface area contributed by atoms with Gasteiger partial charge in [0.25, 0.3) is 11.5 Å². The zero-order valence-corrected chi connectivity index (χ0v) is 14.9. The highest BCUT2D eigenvalue weighted by molar-refractivity contribution is 5.99. The molecule has 25 heavy (non-hydrogen) atoms. The number of nitrogens with two attached hydrogens (primary N) is 1. The van der Waals surface area contributed by atoms with Gasteiger partial charge >= 0.3 is 0 Å². The van der Waals surface area contributed by atoms with Crippen molar-refractivity contribution in [1.29, 1.82) is 0 Å². The average molecular weight is 341 g/mol. The number of amides is 2. The van der Waals surface area contributed by atoms with Gasteiger partial charge in [0.05, 0.1) is 6.04 Å². The molecule has 1 unspecified atom stereocenters. The fourth-order valence-electron chi connectivity index (χ4n) is 2.52. The number of aryl methyl sites for hydroxylation is 1. The first-order valence-electron chi connectivity index (χ1n) is 8.04. The number of hydrogen-bond acceptors (Lipinski definition) is 3. The third-order valence-corrected chi connectivity index (χ3v) is 4.30. The van der Waals surface area contributed by atoms with E-state index in [1.54, 1.807) is 19.2 Å². The van der Waals surface area contributed by atoms with Crippen molar-refractivity contribution in [2.75, 3.05) is 0 Å². The fourth-order valence-corrected chi connectivity index (χ4v) is 2.52. The molecule has 1 atom stereocenters. The minimum absolute atomic E-state index is 0.0135. The van der Waals surface area contributed by atoms with Crippen molar-refractivity contribution in [3.63, 3.8) is 0 Å². The SMILES string of the molecule is Cc1ccn(C(C)c2ccccc2)c(=O)c1C(=O)NC(C)(C)C(N)=O. The molecule has 2 rings (SSSR count). The lowest BCUT2D eigenvalue weighted by Crippen LogP contribution is -2.54. The highest BCUT2D eigenvalue weighted by Crippen LogP contribution is 2.16. The Labute approximate surface area is 146 Å². The number of nitrogens with zero attached hydrogens (tertiary/aromatic N) is 1. The molecule has 2 aromatic rings. The van der Waals surface area contributed by atoms with E-state index < -0.39 is 22.9 Å². The smallest absolute Gasteiger partial charge is 0.264 e. The molecule has 0 aliphatic carbocycles. The summed E-state index contributed by atoms with van der Waals surface area (Å²) in [5.74, 6) is -1.28. The minimum atomic E-state index is -1.25. The summed E-state index contributed by atoms with van der Waals surface area (Å²) in [6.45, 7) is 6.57. The number of rotatable bonds is 5. The number of carbonyl (C=O) groups excluding carboxylic acids is 2. The molecule has 0 aliphatic heterocycles. The van der Waals surface area contributed by atoms with E-state index in [-0.39, 0.29) is 11.6 Å². The Bertz CT molecular complexity index is 854. The Morgan fingerprint density at radius 3 is 2.32 bits per heavy atom. The number of nitrogens with one attached hydrogen (secondary N) is 1. The average Bonchev–Trinajstić information content (AvgIpc) is 2.54. The van der Waals surface area contributed by atoms with Crippen LogP contribution in [0.25, 0.3) is 0 Å². The largest absolute Gasteiger partial charge is 0.368 e. The van der Waals surface area contributed by atoms with Crippen molar-refractivity contribution in [3.05, 3.63) is 69.6 Å². The van der Waals surface area contributed by atoms with Gasteiger partial charge in [-0.3, -0.25) is 14.4 Å². The van der Waals surface area contributed by atoms with Gasteiger partial charge in [0.2, 0.25) is 5.91 Å². The summed E-state index contributed by atoms with van der Waals surface area (Å²) >= 11 is 0. The molecule has 3 N–H and O–H groups in total. The first kappa shape index (κ1) is 18.4. The molecule has 0 fully saturated rings. The molecule has 0 bridgehead atoms. The molecule has 6 heteroatoms. The Kier molecular flexibility index (Phi) is 5.11. The van der Waals surface area contributed by atoms with Crippen molar-refractivity contribution >= 4 is 11.8 Å². The van der Waals surface area contributed by atoms with Gasteiger partial charge in [-0.1, -0.05) is 30.3 Å². The molecule has 0 spiro atoms. The number of carbonyl (C=O) groups is 2. The molecule has 1 aromatic carbocycles. The van der Waals surface area contributed by atoms with Crippen LogP contribution in [-0.2, 0) is 4.79 Å². The third kappa shape index (κ3) is 3.79. The van der Waals surface area contributed by atoms with Gasteiger partial charge in [0.1, 0.15) is 11.1 Å². The quantitative estimate of drug-likeness (QED) is 0.867. The lowest BCUT2D eigenvalue weighted by molar-refractivity contribution is -0.122. The molecule has 2 amide bonds. The maximum atomic E-state index is 12.9. The van der Waals surface area contributed by atoms with Crippen LogP contribution < -0.4 is 16.6 Å². The summed E-state index contributed by atoms with van der Waals surface area (Å²) in [6.07, 6.45) is 1.67. The Morgan fingerprint density at radius 2 is 1.76 bits per heavy atom. The van der Waals surface area contributed by atoms with Crippen molar-refractivity contribution in [3.8, 4) is 0 Å². The van der Waals surface area contributed by atoms with Crippen molar-refractivity contribution in [1.82, 2.24) is 9.88 Å². The Balaban J connectivity index is 2.46. The van der Waals surface area contributed by atoms with E-state index in [0.29, 0.717) is 5.56 Å². The zero-order chi connectivity index (χ0) is 18.8. The summed E-state index contributed by atoms with van der Waals surface area (Å²) in [4.78, 5) is 36.9. The summed E-state index contributed by atoms with van der Waals surface area (Å²) in [7, 11) is 0. The van der Waals surface area contributed by atoms with E-state index in [2.05, 4.69) is 5.32 Å². The monoisotopic (exact) mass is 341 g/mol. The van der Waals surface area contributed by atoms with Crippen LogP contribution >= 0.6 is 0 Å². The minimum Gasteiger partial charge on any atom is -0.368 e. The van der Waals surface area contributed by atoms with E-state index in [0.717, 1.165) is 5.56 Å². The predicted octanol–water partition coefficient (Wildman–Crippen LogP) is 1.76. The first-order valence-corrected chi connectivity index (χ1v) is 8.04. The van der Waals surface area contributed by atoms with Gasteiger partial charge in [-0.25, -0.2) is 0 Å². The van der Waals surface area contributed by atoms with Crippen LogP contribution in [0.2, 0.25) is 0 Å². The number of aromatic nitrogens is 1. The molecule has 0 radical (unpaired) electrons. The fraction of sp³-hybridized carbons (Fsp3) is 0.316. The van der Waals surface area contributed by atoms with Crippen molar-refractivity contribution in [2.45, 2.75) is 39.3 Å². The van der Waals surface area contributed by atoms with Crippen LogP contribution in [0.5, 0.6) is 0 Å². The molecule has 1 aromatic heterocycles. The third-order valence-electron chi connectivity index (χ3n) is 4.30. The second-order valence-corrected chi connectivity index (χ2v) is 6.62. The van der Waals surface area contributed by atoms with Gasteiger partial charge in [-0.15, -0.1) is 0 Å². The van der Waals surface area contributed by atoms with Gasteiger partial charge in [0.15, 0.2) is 0 Å². The number of benzene rings is 1. The van der Waals surface area contributed by atoms with Crippen LogP contribution in [0.1, 0.15) is 48.3 Å². The summed E-state index contributed by atoms with van der Waals surface area (Å²) in [5.41, 5.74) is 5.14. The first-order chi connectivity index (χ1) is 11.6. The molecular weight excluding hydrogens is 318 g/mol. The van der Waals surface area contributed by atoms with Gasteiger partial charge < -0.3 is 15.6 Å². The molecule has 132 valence electrons. The molecular formula is C19H23N3O3. The predicted molar refractivity (Wildman–Crippen MR) is 96.4 cm³/mol. The zero-order valence-electron chi connectivity index (χ0n) is 14.9. The van der Waals surface area contributed by atoms with Crippen LogP contribution in [-0.4, -0.2) is 21.9 Å². The molecule has 6 nitrogen and oxygen atoms in total. The van der Waals surface area contributed by atoms with E-state index in [1.165, 1.54) is 18.4 Å². The Morgan fingerprint density at radius 1 is 1.16 bits per heavy atom. The lowest BCUT2D eigenvalue weighted by Gasteiger charge is -2.23. The second kappa shape index (κ2) is 6.93. The van der Waals surface area contributed by atoms with Crippen molar-refractivity contribution < 1.29 is 9.59 Å². The van der Waals surface area contributed by atoms with E-state index in [9.17, 15) is 14.4 Å². The molecule has 0 saturated carbocycles. The van der Waals surface area contributed by atoms with Crippen molar-refractivity contribution in [2.24, 2.45) is 5.73 Å². The van der Waals surface area contributed by atoms with Gasteiger partial charge in [0, 0.05) is 6.20 Å². The lowest BCUT2D eigenvalue weighted by atomic mass is 10.0. The molecule has 1 heterocycles. The van der Waals surface area contributed by atoms with Crippen LogP contribution in [0, 0.1) is 6.92 Å². The second-order valence-electron chi connectivity index (χ2n) is 6.62. The number of hydrogen-bond donors (Lipinski definition) is 2. The van der Waals surface area contributed by atoms with Gasteiger partial charge in [-0.2, -0.15) is 0 Å². The maximum absolute atomic E-state index is 12.9. The molecule has 0 aliphatic rings. The van der Waals surface area contributed by atoms with E-state index in [4.69, 9.17) is 5.73 Å². The number of pyridine rings is 1. The Hall–Kier alpha value is -2.89.